The van der Waals surface area contributed by atoms with Crippen LogP contribution in [0.15, 0.2) is 18.2 Å². The van der Waals surface area contributed by atoms with E-state index in [1.54, 1.807) is 26.0 Å². The Labute approximate surface area is 101 Å². The molecule has 0 aliphatic carbocycles. The van der Waals surface area contributed by atoms with Gasteiger partial charge in [-0.15, -0.1) is 0 Å². The summed E-state index contributed by atoms with van der Waals surface area (Å²) in [7, 11) is 0. The first-order valence-electron chi connectivity index (χ1n) is 5.74. The standard InChI is InChI=1S/C13H17NO3/c1-4-10(13(16)17-5-2)12(15)11-8-6-7-9(3)14-11/h6-8,10H,4-5H2,1-3H3. The number of Topliss-reactive ketones (excluding diaryl/α,β-unsaturated/α-hetero) is 1. The molecule has 0 N–H and O–H groups in total. The number of rotatable bonds is 5. The van der Waals surface area contributed by atoms with Crippen LogP contribution in [0.1, 0.15) is 36.5 Å². The predicted octanol–water partition coefficient (Wildman–Crippen LogP) is 2.16. The van der Waals surface area contributed by atoms with Gasteiger partial charge in [-0.25, -0.2) is 4.98 Å². The average Bonchev–Trinajstić information content (AvgIpc) is 2.30. The van der Waals surface area contributed by atoms with Gasteiger partial charge in [0.2, 0.25) is 0 Å². The van der Waals surface area contributed by atoms with E-state index in [0.29, 0.717) is 12.1 Å². The normalized spacial score (nSPS) is 11.9. The highest BCUT2D eigenvalue weighted by molar-refractivity contribution is 6.07. The fourth-order valence-corrected chi connectivity index (χ4v) is 1.56. The molecule has 0 spiro atoms. The van der Waals surface area contributed by atoms with Gasteiger partial charge in [0.25, 0.3) is 0 Å². The quantitative estimate of drug-likeness (QED) is 0.446. The minimum Gasteiger partial charge on any atom is -0.465 e. The van der Waals surface area contributed by atoms with E-state index in [2.05, 4.69) is 4.98 Å². The molecule has 0 radical (unpaired) electrons. The minimum absolute atomic E-state index is 0.269. The molecule has 0 amide bonds. The second-order valence-electron chi connectivity index (χ2n) is 3.74. The van der Waals surface area contributed by atoms with Crippen LogP contribution in [0.25, 0.3) is 0 Å². The summed E-state index contributed by atoms with van der Waals surface area (Å²) in [4.78, 5) is 27.8. The van der Waals surface area contributed by atoms with Gasteiger partial charge in [0.05, 0.1) is 6.61 Å². The number of ether oxygens (including phenoxy) is 1. The average molecular weight is 235 g/mol. The smallest absolute Gasteiger partial charge is 0.316 e. The molecule has 4 nitrogen and oxygen atoms in total. The zero-order chi connectivity index (χ0) is 12.8. The number of aryl methyl sites for hydroxylation is 1. The second kappa shape index (κ2) is 6.13. The Morgan fingerprint density at radius 2 is 2.06 bits per heavy atom. The van der Waals surface area contributed by atoms with Crippen molar-refractivity contribution in [2.75, 3.05) is 6.61 Å². The molecule has 92 valence electrons. The minimum atomic E-state index is -0.746. The van der Waals surface area contributed by atoms with Crippen LogP contribution in [-0.4, -0.2) is 23.3 Å². The Kier molecular flexibility index (Phi) is 4.82. The van der Waals surface area contributed by atoms with Gasteiger partial charge in [-0.3, -0.25) is 9.59 Å². The van der Waals surface area contributed by atoms with Crippen molar-refractivity contribution >= 4 is 11.8 Å². The largest absolute Gasteiger partial charge is 0.465 e. The summed E-state index contributed by atoms with van der Waals surface area (Å²) in [5, 5.41) is 0. The molecule has 1 rings (SSSR count). The van der Waals surface area contributed by atoms with Crippen molar-refractivity contribution in [2.24, 2.45) is 5.92 Å². The number of esters is 1. The molecule has 17 heavy (non-hydrogen) atoms. The molecule has 0 aromatic carbocycles. The molecule has 4 heteroatoms. The Morgan fingerprint density at radius 3 is 2.59 bits per heavy atom. The van der Waals surface area contributed by atoms with E-state index in [1.807, 2.05) is 13.0 Å². The number of carbonyl (C=O) groups excluding carboxylic acids is 2. The lowest BCUT2D eigenvalue weighted by molar-refractivity contribution is -0.146. The van der Waals surface area contributed by atoms with Crippen molar-refractivity contribution in [2.45, 2.75) is 27.2 Å². The molecule has 1 heterocycles. The van der Waals surface area contributed by atoms with Crippen LogP contribution in [0.4, 0.5) is 0 Å². The third-order valence-corrected chi connectivity index (χ3v) is 2.44. The summed E-state index contributed by atoms with van der Waals surface area (Å²) in [6.07, 6.45) is 0.424. The summed E-state index contributed by atoms with van der Waals surface area (Å²) in [6.45, 7) is 5.60. The molecule has 0 saturated carbocycles. The van der Waals surface area contributed by atoms with Crippen LogP contribution >= 0.6 is 0 Å². The first-order chi connectivity index (χ1) is 8.10. The van der Waals surface area contributed by atoms with Gasteiger partial charge in [0.1, 0.15) is 11.6 Å². The zero-order valence-electron chi connectivity index (χ0n) is 10.4. The Balaban J connectivity index is 2.90. The lowest BCUT2D eigenvalue weighted by atomic mass is 9.98. The molecular formula is C13H17NO3. The van der Waals surface area contributed by atoms with Crippen LogP contribution in [-0.2, 0) is 9.53 Å². The summed E-state index contributed by atoms with van der Waals surface area (Å²) in [5.41, 5.74) is 1.08. The maximum Gasteiger partial charge on any atom is 0.316 e. The van der Waals surface area contributed by atoms with Crippen LogP contribution in [0, 0.1) is 12.8 Å². The molecule has 0 bridgehead atoms. The topological polar surface area (TPSA) is 56.3 Å². The molecule has 0 aliphatic heterocycles. The predicted molar refractivity (Wildman–Crippen MR) is 63.7 cm³/mol. The molecule has 1 aromatic rings. The zero-order valence-corrected chi connectivity index (χ0v) is 10.4. The van der Waals surface area contributed by atoms with Crippen molar-refractivity contribution in [1.29, 1.82) is 0 Å². The van der Waals surface area contributed by atoms with Crippen LogP contribution in [0.2, 0.25) is 0 Å². The molecule has 0 saturated heterocycles. The number of pyridine rings is 1. The molecule has 1 aromatic heterocycles. The third kappa shape index (κ3) is 3.37. The van der Waals surface area contributed by atoms with Gasteiger partial charge in [-0.2, -0.15) is 0 Å². The fraction of sp³-hybridized carbons (Fsp3) is 0.462. The first kappa shape index (κ1) is 13.4. The van der Waals surface area contributed by atoms with Crippen molar-refractivity contribution in [3.8, 4) is 0 Å². The monoisotopic (exact) mass is 235 g/mol. The highest BCUT2D eigenvalue weighted by Crippen LogP contribution is 2.13. The summed E-state index contributed by atoms with van der Waals surface area (Å²) in [5.74, 6) is -1.48. The van der Waals surface area contributed by atoms with E-state index >= 15 is 0 Å². The summed E-state index contributed by atoms with van der Waals surface area (Å²) < 4.78 is 4.88. The number of ketones is 1. The first-order valence-corrected chi connectivity index (χ1v) is 5.74. The van der Waals surface area contributed by atoms with E-state index < -0.39 is 11.9 Å². The maximum atomic E-state index is 12.1. The number of nitrogens with zero attached hydrogens (tertiary/aromatic N) is 1. The van der Waals surface area contributed by atoms with Gasteiger partial charge in [0.15, 0.2) is 5.78 Å². The molecule has 0 aliphatic rings. The fourth-order valence-electron chi connectivity index (χ4n) is 1.56. The van der Waals surface area contributed by atoms with E-state index in [1.165, 1.54) is 0 Å². The maximum absolute atomic E-state index is 12.1. The van der Waals surface area contributed by atoms with Crippen molar-refractivity contribution in [3.05, 3.63) is 29.6 Å². The number of aromatic nitrogens is 1. The van der Waals surface area contributed by atoms with Gasteiger partial charge in [-0.05, 0) is 32.4 Å². The van der Waals surface area contributed by atoms with Crippen molar-refractivity contribution in [3.63, 3.8) is 0 Å². The number of carbonyl (C=O) groups is 2. The van der Waals surface area contributed by atoms with Crippen molar-refractivity contribution in [1.82, 2.24) is 4.98 Å². The lowest BCUT2D eigenvalue weighted by Crippen LogP contribution is -2.26. The van der Waals surface area contributed by atoms with Crippen molar-refractivity contribution < 1.29 is 14.3 Å². The third-order valence-electron chi connectivity index (χ3n) is 2.44. The van der Waals surface area contributed by atoms with E-state index in [-0.39, 0.29) is 12.4 Å². The van der Waals surface area contributed by atoms with Crippen LogP contribution in [0.5, 0.6) is 0 Å². The second-order valence-corrected chi connectivity index (χ2v) is 3.74. The number of hydrogen-bond acceptors (Lipinski definition) is 4. The van der Waals surface area contributed by atoms with Crippen LogP contribution < -0.4 is 0 Å². The lowest BCUT2D eigenvalue weighted by Gasteiger charge is -2.12. The van der Waals surface area contributed by atoms with Gasteiger partial charge in [-0.1, -0.05) is 13.0 Å². The highest BCUT2D eigenvalue weighted by atomic mass is 16.5. The Bertz CT molecular complexity index is 415. The SMILES string of the molecule is CCOC(=O)C(CC)C(=O)c1cccc(C)n1. The summed E-state index contributed by atoms with van der Waals surface area (Å²) in [6, 6.07) is 5.19. The van der Waals surface area contributed by atoms with E-state index in [9.17, 15) is 9.59 Å². The number of hydrogen-bond donors (Lipinski definition) is 0. The van der Waals surface area contributed by atoms with E-state index in [0.717, 1.165) is 5.69 Å². The van der Waals surface area contributed by atoms with Gasteiger partial charge in [0, 0.05) is 5.69 Å². The van der Waals surface area contributed by atoms with Gasteiger partial charge < -0.3 is 4.74 Å². The molecule has 0 fully saturated rings. The Hall–Kier alpha value is -1.71. The van der Waals surface area contributed by atoms with E-state index in [4.69, 9.17) is 4.74 Å². The highest BCUT2D eigenvalue weighted by Gasteiger charge is 2.27. The molecular weight excluding hydrogens is 218 g/mol. The van der Waals surface area contributed by atoms with Crippen LogP contribution in [0.3, 0.4) is 0 Å². The molecule has 1 unspecified atom stereocenters. The summed E-state index contributed by atoms with van der Waals surface area (Å²) >= 11 is 0. The van der Waals surface area contributed by atoms with Gasteiger partial charge >= 0.3 is 5.97 Å². The Morgan fingerprint density at radius 1 is 1.35 bits per heavy atom. The molecule has 1 atom stereocenters.